The maximum Gasteiger partial charge on any atom is 0.213 e. The Balaban J connectivity index is 1.34. The van der Waals surface area contributed by atoms with E-state index in [1.807, 2.05) is 0 Å². The number of hydrogen-bond acceptors (Lipinski definition) is 2. The van der Waals surface area contributed by atoms with Crippen LogP contribution in [0, 0.1) is 6.92 Å². The van der Waals surface area contributed by atoms with Gasteiger partial charge in [0.25, 0.3) is 0 Å². The van der Waals surface area contributed by atoms with Gasteiger partial charge in [-0.3, -0.25) is 0 Å². The number of anilines is 2. The summed E-state index contributed by atoms with van der Waals surface area (Å²) in [5.41, 5.74) is 7.97. The first-order valence-electron chi connectivity index (χ1n) is 12.7. The first kappa shape index (κ1) is 21.7. The van der Waals surface area contributed by atoms with Crippen LogP contribution in [0.4, 0.5) is 11.4 Å². The molecule has 0 aliphatic carbocycles. The number of aryl methyl sites for hydroxylation is 1. The summed E-state index contributed by atoms with van der Waals surface area (Å²) < 4.78 is 2.51. The fourth-order valence-electron chi connectivity index (χ4n) is 5.96. The van der Waals surface area contributed by atoms with Crippen molar-refractivity contribution in [3.63, 3.8) is 0 Å². The van der Waals surface area contributed by atoms with Crippen LogP contribution >= 0.6 is 0 Å². The quantitative estimate of drug-likeness (QED) is 0.292. The van der Waals surface area contributed by atoms with E-state index in [0.717, 1.165) is 12.8 Å². The predicted octanol–water partition coefficient (Wildman–Crippen LogP) is 7.21. The third kappa shape index (κ3) is 3.81. The maximum absolute atomic E-state index is 2.51. The number of fused-ring (bicyclic) bond motifs is 3. The average molecular weight is 459 g/mol. The SMILES string of the molecule is Cc1ccccc1N1C=CN(c2ccccc2)C1CCC1C(C)c2ccccc2-c2cccc[n+]21. The fraction of sp³-hybridized carbons (Fsp3) is 0.219. The van der Waals surface area contributed by atoms with Crippen LogP contribution < -0.4 is 14.4 Å². The Hall–Kier alpha value is -3.85. The lowest BCUT2D eigenvalue weighted by Gasteiger charge is -2.35. The van der Waals surface area contributed by atoms with Crippen molar-refractivity contribution in [1.29, 1.82) is 0 Å². The Kier molecular flexibility index (Phi) is 5.61. The summed E-state index contributed by atoms with van der Waals surface area (Å²) in [6.07, 6.45) is 9.14. The molecule has 1 aromatic heterocycles. The van der Waals surface area contributed by atoms with Crippen LogP contribution in [-0.4, -0.2) is 6.17 Å². The number of hydrogen-bond donors (Lipinski definition) is 0. The Labute approximate surface area is 208 Å². The van der Waals surface area contributed by atoms with E-state index < -0.39 is 0 Å². The zero-order valence-corrected chi connectivity index (χ0v) is 20.5. The van der Waals surface area contributed by atoms with Crippen LogP contribution in [0.1, 0.15) is 42.9 Å². The Morgan fingerprint density at radius 2 is 1.43 bits per heavy atom. The van der Waals surface area contributed by atoms with Gasteiger partial charge in [0, 0.05) is 53.8 Å². The minimum Gasteiger partial charge on any atom is -0.325 e. The number of benzene rings is 3. The van der Waals surface area contributed by atoms with Crippen LogP contribution in [0.25, 0.3) is 11.3 Å². The minimum atomic E-state index is 0.232. The van der Waals surface area contributed by atoms with Gasteiger partial charge in [0.15, 0.2) is 12.2 Å². The van der Waals surface area contributed by atoms with Gasteiger partial charge in [0.1, 0.15) is 6.17 Å². The van der Waals surface area contributed by atoms with Gasteiger partial charge >= 0.3 is 0 Å². The summed E-state index contributed by atoms with van der Waals surface area (Å²) in [6, 6.07) is 35.4. The molecule has 2 aliphatic heterocycles. The van der Waals surface area contributed by atoms with Crippen molar-refractivity contribution in [3.05, 3.63) is 127 Å². The van der Waals surface area contributed by atoms with Crippen molar-refractivity contribution in [2.45, 2.75) is 44.8 Å². The molecule has 0 radical (unpaired) electrons. The minimum absolute atomic E-state index is 0.232. The lowest BCUT2D eigenvalue weighted by atomic mass is 9.82. The van der Waals surface area contributed by atoms with E-state index in [9.17, 15) is 0 Å². The molecule has 0 bridgehead atoms. The van der Waals surface area contributed by atoms with Gasteiger partial charge in [-0.1, -0.05) is 61.5 Å². The first-order chi connectivity index (χ1) is 17.2. The second-order valence-electron chi connectivity index (χ2n) is 9.73. The molecule has 3 unspecified atom stereocenters. The van der Waals surface area contributed by atoms with E-state index >= 15 is 0 Å². The molecule has 6 rings (SSSR count). The van der Waals surface area contributed by atoms with E-state index in [1.165, 1.54) is 33.8 Å². The molecular formula is C32H32N3+. The number of para-hydroxylation sites is 2. The van der Waals surface area contributed by atoms with Crippen LogP contribution in [-0.2, 0) is 0 Å². The van der Waals surface area contributed by atoms with Crippen molar-refractivity contribution in [1.82, 2.24) is 0 Å². The molecule has 3 heteroatoms. The highest BCUT2D eigenvalue weighted by atomic mass is 15.4. The second kappa shape index (κ2) is 9.07. The van der Waals surface area contributed by atoms with E-state index in [-0.39, 0.29) is 6.17 Å². The van der Waals surface area contributed by atoms with Crippen LogP contribution in [0.2, 0.25) is 0 Å². The molecule has 174 valence electrons. The van der Waals surface area contributed by atoms with Gasteiger partial charge < -0.3 is 9.80 Å². The Bertz CT molecular complexity index is 1360. The smallest absolute Gasteiger partial charge is 0.213 e. The molecule has 0 saturated heterocycles. The summed E-state index contributed by atoms with van der Waals surface area (Å²) >= 11 is 0. The molecule has 0 N–H and O–H groups in total. The molecule has 0 spiro atoms. The van der Waals surface area contributed by atoms with E-state index in [4.69, 9.17) is 0 Å². The third-order valence-electron chi connectivity index (χ3n) is 7.75. The standard InChI is InChI=1S/C32H32N3/c1-24-12-6-9-17-29(24)35-23-22-33(26-13-4-3-5-14-26)32(35)20-19-30-25(2)27-15-7-8-16-28(27)31-18-10-11-21-34(30)31/h3-18,21-23,25,30,32H,19-20H2,1-2H3/q+1. The number of rotatable bonds is 5. The summed E-state index contributed by atoms with van der Waals surface area (Å²) in [7, 11) is 0. The Morgan fingerprint density at radius 1 is 0.714 bits per heavy atom. The number of pyridine rings is 1. The summed E-state index contributed by atoms with van der Waals surface area (Å²) in [5, 5.41) is 0. The largest absolute Gasteiger partial charge is 0.325 e. The van der Waals surface area contributed by atoms with Crippen molar-refractivity contribution < 1.29 is 4.57 Å². The average Bonchev–Trinajstić information content (AvgIpc) is 3.33. The molecule has 4 aromatic rings. The molecule has 35 heavy (non-hydrogen) atoms. The summed E-state index contributed by atoms with van der Waals surface area (Å²) in [4.78, 5) is 4.89. The molecule has 3 heterocycles. The fourth-order valence-corrected chi connectivity index (χ4v) is 5.96. The molecule has 2 aliphatic rings. The van der Waals surface area contributed by atoms with Crippen molar-refractivity contribution in [2.75, 3.05) is 9.80 Å². The number of nitrogens with zero attached hydrogens (tertiary/aromatic N) is 3. The summed E-state index contributed by atoms with van der Waals surface area (Å²) in [6.45, 7) is 4.60. The lowest BCUT2D eigenvalue weighted by molar-refractivity contribution is -0.718. The molecule has 3 atom stereocenters. The molecule has 0 fully saturated rings. The van der Waals surface area contributed by atoms with Gasteiger partial charge in [-0.15, -0.1) is 0 Å². The van der Waals surface area contributed by atoms with Gasteiger partial charge in [0.05, 0.1) is 0 Å². The summed E-state index contributed by atoms with van der Waals surface area (Å²) in [5.74, 6) is 0.456. The van der Waals surface area contributed by atoms with Crippen molar-refractivity contribution in [2.24, 2.45) is 0 Å². The van der Waals surface area contributed by atoms with E-state index in [2.05, 4.69) is 144 Å². The highest BCUT2D eigenvalue weighted by Crippen LogP contribution is 2.41. The van der Waals surface area contributed by atoms with Crippen molar-refractivity contribution in [3.8, 4) is 11.3 Å². The second-order valence-corrected chi connectivity index (χ2v) is 9.73. The molecule has 0 saturated carbocycles. The van der Waals surface area contributed by atoms with Crippen LogP contribution in [0.15, 0.2) is 116 Å². The lowest BCUT2D eigenvalue weighted by Crippen LogP contribution is -2.48. The maximum atomic E-state index is 2.51. The predicted molar refractivity (Wildman–Crippen MR) is 144 cm³/mol. The third-order valence-corrected chi connectivity index (χ3v) is 7.75. The first-order valence-corrected chi connectivity index (χ1v) is 12.7. The zero-order chi connectivity index (χ0) is 23.8. The van der Waals surface area contributed by atoms with Crippen LogP contribution in [0.5, 0.6) is 0 Å². The normalized spacial score (nSPS) is 20.6. The topological polar surface area (TPSA) is 10.4 Å². The molecule has 3 aromatic carbocycles. The monoisotopic (exact) mass is 458 g/mol. The number of aromatic nitrogens is 1. The highest BCUT2D eigenvalue weighted by molar-refractivity contribution is 5.64. The molecule has 0 amide bonds. The van der Waals surface area contributed by atoms with Gasteiger partial charge in [-0.05, 0) is 54.8 Å². The van der Waals surface area contributed by atoms with Gasteiger partial charge in [-0.2, -0.15) is 4.57 Å². The Morgan fingerprint density at radius 3 is 2.29 bits per heavy atom. The molecular weight excluding hydrogens is 426 g/mol. The van der Waals surface area contributed by atoms with E-state index in [0.29, 0.717) is 12.0 Å². The van der Waals surface area contributed by atoms with Crippen molar-refractivity contribution >= 4 is 11.4 Å². The zero-order valence-electron chi connectivity index (χ0n) is 20.5. The highest BCUT2D eigenvalue weighted by Gasteiger charge is 2.39. The van der Waals surface area contributed by atoms with E-state index in [1.54, 1.807) is 0 Å². The van der Waals surface area contributed by atoms with Crippen LogP contribution in [0.3, 0.4) is 0 Å². The molecule has 3 nitrogen and oxygen atoms in total. The van der Waals surface area contributed by atoms with Gasteiger partial charge in [-0.25, -0.2) is 0 Å². The van der Waals surface area contributed by atoms with Gasteiger partial charge in [0.2, 0.25) is 5.69 Å².